The van der Waals surface area contributed by atoms with Crippen LogP contribution in [0.5, 0.6) is 11.5 Å². The summed E-state index contributed by atoms with van der Waals surface area (Å²) in [5, 5.41) is 7.42. The number of benzene rings is 2. The Kier molecular flexibility index (Phi) is 5.76. The first-order valence-corrected chi connectivity index (χ1v) is 11.6. The smallest absolute Gasteiger partial charge is 0.276 e. The molecule has 2 aromatic heterocycles. The molecule has 3 heterocycles. The first kappa shape index (κ1) is 22.7. The summed E-state index contributed by atoms with van der Waals surface area (Å²) in [5.74, 6) is 1.26. The molecule has 0 spiro atoms. The Labute approximate surface area is 204 Å². The highest BCUT2D eigenvalue weighted by atomic mass is 16.6. The van der Waals surface area contributed by atoms with Gasteiger partial charge in [0, 0.05) is 22.5 Å². The number of carbonyl (C=O) groups excluding carboxylic acids is 1. The number of hydrogen-bond acceptors (Lipinski definition) is 5. The Balaban J connectivity index is 1.33. The molecule has 1 N–H and O–H groups in total. The summed E-state index contributed by atoms with van der Waals surface area (Å²) in [6.07, 6.45) is 0. The van der Waals surface area contributed by atoms with E-state index in [0.717, 1.165) is 39.7 Å². The zero-order chi connectivity index (χ0) is 24.6. The van der Waals surface area contributed by atoms with E-state index >= 15 is 0 Å². The lowest BCUT2D eigenvalue weighted by Gasteiger charge is -2.21. The molecule has 7 nitrogen and oxygen atoms in total. The van der Waals surface area contributed by atoms with Crippen LogP contribution in [0, 0.1) is 6.92 Å². The number of fused-ring (bicyclic) bond motifs is 1. The fourth-order valence-electron chi connectivity index (χ4n) is 4.14. The van der Waals surface area contributed by atoms with Gasteiger partial charge in [-0.15, -0.1) is 0 Å². The van der Waals surface area contributed by atoms with Crippen molar-refractivity contribution in [2.24, 2.45) is 0 Å². The van der Waals surface area contributed by atoms with Gasteiger partial charge in [-0.1, -0.05) is 18.2 Å². The van der Waals surface area contributed by atoms with Crippen molar-refractivity contribution in [2.45, 2.75) is 33.2 Å². The largest absolute Gasteiger partial charge is 0.486 e. The summed E-state index contributed by atoms with van der Waals surface area (Å²) in [6, 6.07) is 21.2. The minimum atomic E-state index is -0.234. The fraction of sp³-hybridized carbons (Fsp3) is 0.250. The molecule has 1 aliphatic rings. The van der Waals surface area contributed by atoms with E-state index in [1.54, 1.807) is 0 Å². The Morgan fingerprint density at radius 1 is 0.886 bits per heavy atom. The number of aromatic nitrogens is 3. The first-order valence-electron chi connectivity index (χ1n) is 11.6. The van der Waals surface area contributed by atoms with E-state index in [1.165, 1.54) is 0 Å². The summed E-state index contributed by atoms with van der Waals surface area (Å²) >= 11 is 0. The maximum absolute atomic E-state index is 12.7. The van der Waals surface area contributed by atoms with E-state index in [1.807, 2.05) is 78.3 Å². The Morgan fingerprint density at radius 2 is 1.54 bits per heavy atom. The quantitative estimate of drug-likeness (QED) is 0.416. The molecular formula is C28H28N4O3. The summed E-state index contributed by atoms with van der Waals surface area (Å²) < 4.78 is 13.2. The van der Waals surface area contributed by atoms with Crippen molar-refractivity contribution in [3.8, 4) is 34.0 Å². The molecule has 2 aromatic carbocycles. The number of hydrogen-bond donors (Lipinski definition) is 1. The number of anilines is 1. The van der Waals surface area contributed by atoms with Crippen molar-refractivity contribution in [1.29, 1.82) is 0 Å². The topological polar surface area (TPSA) is 78.3 Å². The van der Waals surface area contributed by atoms with Crippen LogP contribution < -0.4 is 14.8 Å². The van der Waals surface area contributed by atoms with Crippen molar-refractivity contribution in [1.82, 2.24) is 14.8 Å². The molecule has 5 rings (SSSR count). The van der Waals surface area contributed by atoms with E-state index < -0.39 is 0 Å². The van der Waals surface area contributed by atoms with Crippen molar-refractivity contribution < 1.29 is 14.3 Å². The predicted octanol–water partition coefficient (Wildman–Crippen LogP) is 5.70. The van der Waals surface area contributed by atoms with Gasteiger partial charge in [0.15, 0.2) is 17.2 Å². The van der Waals surface area contributed by atoms with E-state index in [-0.39, 0.29) is 11.4 Å². The highest BCUT2D eigenvalue weighted by Crippen LogP contribution is 2.34. The van der Waals surface area contributed by atoms with E-state index in [2.05, 4.69) is 31.2 Å². The van der Waals surface area contributed by atoms with Gasteiger partial charge in [-0.25, -0.2) is 4.98 Å². The van der Waals surface area contributed by atoms with E-state index in [0.29, 0.717) is 24.6 Å². The molecule has 0 aliphatic carbocycles. The molecule has 4 aromatic rings. The summed E-state index contributed by atoms with van der Waals surface area (Å²) in [4.78, 5) is 17.6. The zero-order valence-electron chi connectivity index (χ0n) is 20.3. The normalized spacial score (nSPS) is 12.9. The molecule has 1 aliphatic heterocycles. The number of aryl methyl sites for hydroxylation is 1. The predicted molar refractivity (Wildman–Crippen MR) is 136 cm³/mol. The maximum Gasteiger partial charge on any atom is 0.276 e. The Morgan fingerprint density at radius 3 is 2.23 bits per heavy atom. The first-order chi connectivity index (χ1) is 16.8. The Bertz CT molecular complexity index is 1380. The van der Waals surface area contributed by atoms with Gasteiger partial charge in [0.1, 0.15) is 13.2 Å². The van der Waals surface area contributed by atoms with Gasteiger partial charge in [-0.3, -0.25) is 9.48 Å². The van der Waals surface area contributed by atoms with E-state index in [9.17, 15) is 4.79 Å². The molecule has 0 saturated carbocycles. The number of nitrogens with zero attached hydrogens (tertiary/aromatic N) is 3. The standard InChI is InChI=1S/C28H28N4O3/c1-18-16-24(31-32(18)28(2,3)4)27(33)29-21-11-8-19(9-12-21)22-6-5-7-23(30-22)20-10-13-25-26(17-20)35-15-14-34-25/h5-13,16-17H,14-15H2,1-4H3,(H,29,33). The molecule has 0 bridgehead atoms. The maximum atomic E-state index is 12.7. The third kappa shape index (κ3) is 4.75. The third-order valence-electron chi connectivity index (χ3n) is 5.78. The highest BCUT2D eigenvalue weighted by Gasteiger charge is 2.20. The number of amides is 1. The third-order valence-corrected chi connectivity index (χ3v) is 5.78. The lowest BCUT2D eigenvalue weighted by molar-refractivity contribution is 0.102. The van der Waals surface area contributed by atoms with Crippen LogP contribution in [0.25, 0.3) is 22.5 Å². The molecule has 35 heavy (non-hydrogen) atoms. The van der Waals surface area contributed by atoms with Gasteiger partial charge >= 0.3 is 0 Å². The molecule has 1 amide bonds. The molecule has 0 radical (unpaired) electrons. The Hall–Kier alpha value is -4.13. The molecule has 0 unspecified atom stereocenters. The van der Waals surface area contributed by atoms with Crippen LogP contribution >= 0.6 is 0 Å². The second kappa shape index (κ2) is 8.91. The van der Waals surface area contributed by atoms with Crippen LogP contribution in [-0.4, -0.2) is 33.9 Å². The van der Waals surface area contributed by atoms with Gasteiger partial charge in [0.05, 0.1) is 16.9 Å². The van der Waals surface area contributed by atoms with Gasteiger partial charge in [-0.05, 0) is 76.2 Å². The molecule has 178 valence electrons. The minimum Gasteiger partial charge on any atom is -0.486 e. The highest BCUT2D eigenvalue weighted by molar-refractivity contribution is 6.03. The number of rotatable bonds is 4. The van der Waals surface area contributed by atoms with Crippen LogP contribution in [0.3, 0.4) is 0 Å². The number of ether oxygens (including phenoxy) is 2. The number of pyridine rings is 1. The van der Waals surface area contributed by atoms with Gasteiger partial charge in [0.2, 0.25) is 0 Å². The second-order valence-corrected chi connectivity index (χ2v) is 9.55. The summed E-state index contributed by atoms with van der Waals surface area (Å²) in [7, 11) is 0. The average Bonchev–Trinajstić information content (AvgIpc) is 3.27. The van der Waals surface area contributed by atoms with Crippen molar-refractivity contribution in [3.63, 3.8) is 0 Å². The average molecular weight is 469 g/mol. The van der Waals surface area contributed by atoms with Crippen LogP contribution in [0.1, 0.15) is 37.0 Å². The molecule has 0 fully saturated rings. The monoisotopic (exact) mass is 468 g/mol. The van der Waals surface area contributed by atoms with Crippen molar-refractivity contribution in [3.05, 3.63) is 78.1 Å². The summed E-state index contributed by atoms with van der Waals surface area (Å²) in [6.45, 7) is 9.25. The van der Waals surface area contributed by atoms with Gasteiger partial charge in [-0.2, -0.15) is 5.10 Å². The molecule has 0 atom stereocenters. The molecular weight excluding hydrogens is 440 g/mol. The lowest BCUT2D eigenvalue weighted by Crippen LogP contribution is -2.25. The number of nitrogens with one attached hydrogen (secondary N) is 1. The van der Waals surface area contributed by atoms with Crippen molar-refractivity contribution in [2.75, 3.05) is 18.5 Å². The van der Waals surface area contributed by atoms with Crippen molar-refractivity contribution >= 4 is 11.6 Å². The van der Waals surface area contributed by atoms with Crippen LogP contribution in [-0.2, 0) is 5.54 Å². The van der Waals surface area contributed by atoms with E-state index in [4.69, 9.17) is 14.5 Å². The number of carbonyl (C=O) groups is 1. The zero-order valence-corrected chi connectivity index (χ0v) is 20.3. The second-order valence-electron chi connectivity index (χ2n) is 9.55. The minimum absolute atomic E-state index is 0.189. The van der Waals surface area contributed by atoms with Crippen LogP contribution in [0.2, 0.25) is 0 Å². The SMILES string of the molecule is Cc1cc(C(=O)Nc2ccc(-c3cccc(-c4ccc5c(c4)OCCO5)n3)cc2)nn1C(C)(C)C. The fourth-order valence-corrected chi connectivity index (χ4v) is 4.14. The van der Waals surface area contributed by atoms with Crippen LogP contribution in [0.15, 0.2) is 66.7 Å². The molecule has 0 saturated heterocycles. The lowest BCUT2D eigenvalue weighted by atomic mass is 10.1. The van der Waals surface area contributed by atoms with Crippen LogP contribution in [0.4, 0.5) is 5.69 Å². The van der Waals surface area contributed by atoms with Gasteiger partial charge in [0.25, 0.3) is 5.91 Å². The van der Waals surface area contributed by atoms with Gasteiger partial charge < -0.3 is 14.8 Å². The summed E-state index contributed by atoms with van der Waals surface area (Å²) in [5.41, 5.74) is 5.46. The molecule has 7 heteroatoms.